The predicted octanol–water partition coefficient (Wildman–Crippen LogP) is 5.34. The number of nitrogens with one attached hydrogen (secondary N) is 1. The van der Waals surface area contributed by atoms with Gasteiger partial charge in [-0.3, -0.25) is 10.1 Å². The lowest BCUT2D eigenvalue weighted by atomic mass is 10.2. The maximum atomic E-state index is 12.4. The summed E-state index contributed by atoms with van der Waals surface area (Å²) in [5.74, 6) is 0.466. The second-order valence-electron chi connectivity index (χ2n) is 5.94. The van der Waals surface area contributed by atoms with Gasteiger partial charge in [0.1, 0.15) is 28.2 Å². The van der Waals surface area contributed by atoms with Gasteiger partial charge in [-0.05, 0) is 42.8 Å². The molecule has 0 saturated heterocycles. The molecule has 3 aromatic rings. The summed E-state index contributed by atoms with van der Waals surface area (Å²) in [6.07, 6.45) is 4.29. The van der Waals surface area contributed by atoms with Gasteiger partial charge in [0.15, 0.2) is 0 Å². The molecule has 3 rings (SSSR count). The molecule has 142 valence electrons. The number of nitriles is 1. The van der Waals surface area contributed by atoms with Crippen molar-refractivity contribution in [2.24, 2.45) is 0 Å². The fraction of sp³-hybridized carbons (Fsp3) is 0.200. The van der Waals surface area contributed by atoms with Crippen LogP contribution in [0.3, 0.4) is 0 Å². The molecule has 2 aromatic heterocycles. The molecule has 1 N–H and O–H groups in total. The summed E-state index contributed by atoms with van der Waals surface area (Å²) in [4.78, 5) is 12.4. The number of benzene rings is 1. The molecule has 0 aliphatic heterocycles. The third-order valence-corrected chi connectivity index (χ3v) is 4.99. The number of hydrogen-bond acceptors (Lipinski definition) is 6. The van der Waals surface area contributed by atoms with E-state index < -0.39 is 5.91 Å². The van der Waals surface area contributed by atoms with Gasteiger partial charge in [0.25, 0.3) is 5.91 Å². The van der Waals surface area contributed by atoms with Crippen LogP contribution in [0.1, 0.15) is 30.5 Å². The maximum absolute atomic E-state index is 12.4. The summed E-state index contributed by atoms with van der Waals surface area (Å²) in [6, 6.07) is 12.6. The van der Waals surface area contributed by atoms with Crippen molar-refractivity contribution in [3.8, 4) is 17.4 Å². The standard InChI is InChI=1S/C20H17ClN4O2S/c1-2-3-4-18-24-25-20(28-18)23-19(26)14(12-22)11-16-9-10-17(27-16)13-5-7-15(21)8-6-13/h5-11H,2-4H2,1H3,(H,23,25,26)/b14-11-. The minimum absolute atomic E-state index is 0.0812. The molecule has 0 saturated carbocycles. The van der Waals surface area contributed by atoms with Crippen molar-refractivity contribution in [2.45, 2.75) is 26.2 Å². The molecule has 8 heteroatoms. The van der Waals surface area contributed by atoms with Gasteiger partial charge in [-0.15, -0.1) is 10.2 Å². The summed E-state index contributed by atoms with van der Waals surface area (Å²) in [5, 5.41) is 21.8. The first-order valence-electron chi connectivity index (χ1n) is 8.70. The lowest BCUT2D eigenvalue weighted by Crippen LogP contribution is -2.13. The number of carbonyl (C=O) groups is 1. The van der Waals surface area contributed by atoms with Crippen LogP contribution in [0.15, 0.2) is 46.4 Å². The van der Waals surface area contributed by atoms with E-state index >= 15 is 0 Å². The Bertz CT molecular complexity index is 1030. The molecule has 6 nitrogen and oxygen atoms in total. The van der Waals surface area contributed by atoms with Crippen LogP contribution in [0.5, 0.6) is 0 Å². The number of halogens is 1. The molecule has 0 unspecified atom stereocenters. The largest absolute Gasteiger partial charge is 0.457 e. The van der Waals surface area contributed by atoms with Crippen LogP contribution >= 0.6 is 22.9 Å². The summed E-state index contributed by atoms with van der Waals surface area (Å²) < 4.78 is 5.71. The summed E-state index contributed by atoms with van der Waals surface area (Å²) in [7, 11) is 0. The van der Waals surface area contributed by atoms with E-state index in [1.165, 1.54) is 17.4 Å². The Labute approximate surface area is 171 Å². The van der Waals surface area contributed by atoms with Crippen molar-refractivity contribution in [3.05, 3.63) is 57.8 Å². The first-order chi connectivity index (χ1) is 13.6. The molecule has 0 bridgehead atoms. The van der Waals surface area contributed by atoms with E-state index in [-0.39, 0.29) is 5.57 Å². The highest BCUT2D eigenvalue weighted by molar-refractivity contribution is 7.15. The molecule has 0 fully saturated rings. The lowest BCUT2D eigenvalue weighted by molar-refractivity contribution is -0.112. The fourth-order valence-corrected chi connectivity index (χ4v) is 3.29. The third-order valence-electron chi connectivity index (χ3n) is 3.84. The molecule has 0 aliphatic rings. The minimum atomic E-state index is -0.551. The molecule has 28 heavy (non-hydrogen) atoms. The van der Waals surface area contributed by atoms with Crippen molar-refractivity contribution in [2.75, 3.05) is 5.32 Å². The van der Waals surface area contributed by atoms with Gasteiger partial charge < -0.3 is 4.42 Å². The number of anilines is 1. The molecular weight excluding hydrogens is 396 g/mol. The van der Waals surface area contributed by atoms with Crippen LogP contribution in [0.25, 0.3) is 17.4 Å². The monoisotopic (exact) mass is 412 g/mol. The topological polar surface area (TPSA) is 91.8 Å². The summed E-state index contributed by atoms with van der Waals surface area (Å²) in [6.45, 7) is 2.10. The van der Waals surface area contributed by atoms with Gasteiger partial charge in [0, 0.05) is 23.1 Å². The maximum Gasteiger partial charge on any atom is 0.268 e. The highest BCUT2D eigenvalue weighted by Crippen LogP contribution is 2.25. The molecule has 0 aliphatic carbocycles. The van der Waals surface area contributed by atoms with E-state index in [0.717, 1.165) is 29.8 Å². The number of furan rings is 1. The molecule has 1 amide bonds. The van der Waals surface area contributed by atoms with Crippen LogP contribution in [0.4, 0.5) is 5.13 Å². The summed E-state index contributed by atoms with van der Waals surface area (Å²) >= 11 is 7.20. The van der Waals surface area contributed by atoms with Crippen LogP contribution in [-0.2, 0) is 11.2 Å². The quantitative estimate of drug-likeness (QED) is 0.417. The molecular formula is C20H17ClN4O2S. The van der Waals surface area contributed by atoms with Crippen LogP contribution in [0, 0.1) is 11.3 Å². The van der Waals surface area contributed by atoms with E-state index in [1.54, 1.807) is 24.3 Å². The van der Waals surface area contributed by atoms with Crippen molar-refractivity contribution < 1.29 is 9.21 Å². The Kier molecular flexibility index (Phi) is 6.58. The zero-order valence-electron chi connectivity index (χ0n) is 15.1. The van der Waals surface area contributed by atoms with Crippen LogP contribution in [0.2, 0.25) is 5.02 Å². The number of carbonyl (C=O) groups excluding carboxylic acids is 1. The lowest BCUT2D eigenvalue weighted by Gasteiger charge is -1.99. The SMILES string of the molecule is CCCCc1nnc(NC(=O)/C(C#N)=C\c2ccc(-c3ccc(Cl)cc3)o2)s1. The zero-order valence-corrected chi connectivity index (χ0v) is 16.7. The van der Waals surface area contributed by atoms with Crippen molar-refractivity contribution in [1.29, 1.82) is 5.26 Å². The third kappa shape index (κ3) is 5.06. The minimum Gasteiger partial charge on any atom is -0.457 e. The van der Waals surface area contributed by atoms with Gasteiger partial charge in [-0.25, -0.2) is 0 Å². The van der Waals surface area contributed by atoms with Crippen molar-refractivity contribution in [1.82, 2.24) is 10.2 Å². The van der Waals surface area contributed by atoms with Gasteiger partial charge in [-0.1, -0.05) is 36.3 Å². The van der Waals surface area contributed by atoms with Gasteiger partial charge in [-0.2, -0.15) is 5.26 Å². The number of hydrogen-bond donors (Lipinski definition) is 1. The van der Waals surface area contributed by atoms with Gasteiger partial charge in [0.05, 0.1) is 0 Å². The zero-order chi connectivity index (χ0) is 19.9. The molecule has 1 aromatic carbocycles. The molecule has 0 radical (unpaired) electrons. The van der Waals surface area contributed by atoms with Gasteiger partial charge >= 0.3 is 0 Å². The molecule has 0 spiro atoms. The number of rotatable bonds is 7. The van der Waals surface area contributed by atoms with Crippen LogP contribution in [-0.4, -0.2) is 16.1 Å². The number of nitrogens with zero attached hydrogens (tertiary/aromatic N) is 3. The second kappa shape index (κ2) is 9.31. The first kappa shape index (κ1) is 19.8. The average molecular weight is 413 g/mol. The van der Waals surface area contributed by atoms with E-state index in [4.69, 9.17) is 16.0 Å². The van der Waals surface area contributed by atoms with E-state index in [1.807, 2.05) is 18.2 Å². The Morgan fingerprint density at radius 3 is 2.79 bits per heavy atom. The van der Waals surface area contributed by atoms with Gasteiger partial charge in [0.2, 0.25) is 5.13 Å². The smallest absolute Gasteiger partial charge is 0.268 e. The number of amides is 1. The number of unbranched alkanes of at least 4 members (excludes halogenated alkanes) is 1. The van der Waals surface area contributed by atoms with E-state index in [2.05, 4.69) is 22.4 Å². The second-order valence-corrected chi connectivity index (χ2v) is 7.44. The Morgan fingerprint density at radius 1 is 1.29 bits per heavy atom. The molecule has 0 atom stereocenters. The van der Waals surface area contributed by atoms with E-state index in [0.29, 0.717) is 21.7 Å². The molecule has 2 heterocycles. The Morgan fingerprint density at radius 2 is 2.07 bits per heavy atom. The number of aryl methyl sites for hydroxylation is 1. The number of aromatic nitrogens is 2. The van der Waals surface area contributed by atoms with Crippen LogP contribution < -0.4 is 5.32 Å². The Hall–Kier alpha value is -2.95. The van der Waals surface area contributed by atoms with E-state index in [9.17, 15) is 10.1 Å². The highest BCUT2D eigenvalue weighted by Gasteiger charge is 2.14. The first-order valence-corrected chi connectivity index (χ1v) is 9.89. The fourth-order valence-electron chi connectivity index (χ4n) is 2.39. The normalized spacial score (nSPS) is 11.2. The summed E-state index contributed by atoms with van der Waals surface area (Å²) in [5.41, 5.74) is 0.766. The predicted molar refractivity (Wildman–Crippen MR) is 110 cm³/mol. The van der Waals surface area contributed by atoms with Crippen molar-refractivity contribution >= 4 is 40.1 Å². The van der Waals surface area contributed by atoms with Crippen molar-refractivity contribution in [3.63, 3.8) is 0 Å². The Balaban J connectivity index is 1.71. The average Bonchev–Trinajstić information content (AvgIpc) is 3.34. The highest BCUT2D eigenvalue weighted by atomic mass is 35.5.